The van der Waals surface area contributed by atoms with E-state index in [1.54, 1.807) is 7.11 Å². The lowest BCUT2D eigenvalue weighted by Crippen LogP contribution is -2.20. The second-order valence-corrected chi connectivity index (χ2v) is 6.32. The number of hydrogen-bond donors (Lipinski definition) is 1. The van der Waals surface area contributed by atoms with Crippen LogP contribution in [0.1, 0.15) is 50.9 Å². The summed E-state index contributed by atoms with van der Waals surface area (Å²) in [6.07, 6.45) is 3.69. The van der Waals surface area contributed by atoms with Crippen LogP contribution in [0.4, 0.5) is 0 Å². The number of ether oxygens (including phenoxy) is 1. The third-order valence-electron chi connectivity index (χ3n) is 4.73. The number of nitrogens with zero attached hydrogens (tertiary/aromatic N) is 2. The second kappa shape index (κ2) is 5.68. The van der Waals surface area contributed by atoms with Gasteiger partial charge in [0.05, 0.1) is 18.1 Å². The minimum atomic E-state index is 0.400. The SMILES string of the molecule is COc1ccc2c(c1)nc(C1CCCC1CN)n2C(C)C. The van der Waals surface area contributed by atoms with Crippen LogP contribution in [0.2, 0.25) is 0 Å². The van der Waals surface area contributed by atoms with Crippen molar-refractivity contribution in [2.75, 3.05) is 13.7 Å². The Labute approximate surface area is 126 Å². The smallest absolute Gasteiger partial charge is 0.121 e. The van der Waals surface area contributed by atoms with Crippen LogP contribution >= 0.6 is 0 Å². The Kier molecular flexibility index (Phi) is 3.89. The minimum absolute atomic E-state index is 0.400. The minimum Gasteiger partial charge on any atom is -0.497 e. The van der Waals surface area contributed by atoms with Crippen molar-refractivity contribution in [3.05, 3.63) is 24.0 Å². The van der Waals surface area contributed by atoms with Gasteiger partial charge in [0, 0.05) is 18.0 Å². The Morgan fingerprint density at radius 2 is 2.19 bits per heavy atom. The molecule has 114 valence electrons. The van der Waals surface area contributed by atoms with Crippen molar-refractivity contribution < 1.29 is 4.74 Å². The van der Waals surface area contributed by atoms with E-state index in [0.29, 0.717) is 17.9 Å². The third kappa shape index (κ3) is 2.42. The molecule has 1 aliphatic rings. The summed E-state index contributed by atoms with van der Waals surface area (Å²) >= 11 is 0. The number of imidazole rings is 1. The van der Waals surface area contributed by atoms with Crippen molar-refractivity contribution in [1.82, 2.24) is 9.55 Å². The van der Waals surface area contributed by atoms with Crippen LogP contribution in [0.5, 0.6) is 5.75 Å². The summed E-state index contributed by atoms with van der Waals surface area (Å²) in [6, 6.07) is 6.57. The number of rotatable bonds is 4. The summed E-state index contributed by atoms with van der Waals surface area (Å²) in [4.78, 5) is 4.95. The highest BCUT2D eigenvalue weighted by Crippen LogP contribution is 2.40. The number of aromatic nitrogens is 2. The molecular formula is C17H25N3O. The lowest BCUT2D eigenvalue weighted by molar-refractivity contribution is 0.415. The molecule has 2 N–H and O–H groups in total. The van der Waals surface area contributed by atoms with E-state index in [1.165, 1.54) is 30.6 Å². The van der Waals surface area contributed by atoms with Gasteiger partial charge in [-0.1, -0.05) is 6.42 Å². The Hall–Kier alpha value is -1.55. The standard InChI is InChI=1S/C17H25N3O/c1-11(2)20-16-8-7-13(21-3)9-15(16)19-17(20)14-6-4-5-12(14)10-18/h7-9,11-12,14H,4-6,10,18H2,1-3H3. The van der Waals surface area contributed by atoms with Gasteiger partial charge in [-0.25, -0.2) is 4.98 Å². The summed E-state index contributed by atoms with van der Waals surface area (Å²) in [5.41, 5.74) is 8.20. The molecule has 1 fully saturated rings. The van der Waals surface area contributed by atoms with Gasteiger partial charge in [-0.15, -0.1) is 0 Å². The molecule has 2 atom stereocenters. The first-order valence-electron chi connectivity index (χ1n) is 7.91. The predicted octanol–water partition coefficient (Wildman–Crippen LogP) is 3.47. The van der Waals surface area contributed by atoms with Crippen molar-refractivity contribution in [2.45, 2.75) is 45.1 Å². The predicted molar refractivity (Wildman–Crippen MR) is 85.8 cm³/mol. The van der Waals surface area contributed by atoms with Crippen LogP contribution < -0.4 is 10.5 Å². The van der Waals surface area contributed by atoms with E-state index in [1.807, 2.05) is 12.1 Å². The van der Waals surface area contributed by atoms with E-state index >= 15 is 0 Å². The lowest BCUT2D eigenvalue weighted by atomic mass is 9.95. The molecule has 1 aromatic heterocycles. The van der Waals surface area contributed by atoms with Gasteiger partial charge >= 0.3 is 0 Å². The molecule has 3 rings (SSSR count). The van der Waals surface area contributed by atoms with Gasteiger partial charge in [0.15, 0.2) is 0 Å². The fraction of sp³-hybridized carbons (Fsp3) is 0.588. The fourth-order valence-electron chi connectivity index (χ4n) is 3.69. The molecule has 2 aromatic rings. The van der Waals surface area contributed by atoms with Gasteiger partial charge in [-0.05, 0) is 51.3 Å². The van der Waals surface area contributed by atoms with E-state index < -0.39 is 0 Å². The Morgan fingerprint density at radius 3 is 2.86 bits per heavy atom. The van der Waals surface area contributed by atoms with Crippen LogP contribution in [-0.4, -0.2) is 23.2 Å². The van der Waals surface area contributed by atoms with E-state index in [4.69, 9.17) is 15.5 Å². The largest absolute Gasteiger partial charge is 0.497 e. The maximum atomic E-state index is 5.97. The third-order valence-corrected chi connectivity index (χ3v) is 4.73. The number of hydrogen-bond acceptors (Lipinski definition) is 3. The van der Waals surface area contributed by atoms with Crippen LogP contribution in [0.15, 0.2) is 18.2 Å². The molecule has 0 radical (unpaired) electrons. The zero-order chi connectivity index (χ0) is 15.0. The van der Waals surface area contributed by atoms with Crippen molar-refractivity contribution in [2.24, 2.45) is 11.7 Å². The van der Waals surface area contributed by atoms with Crippen molar-refractivity contribution in [3.8, 4) is 5.75 Å². The Balaban J connectivity index is 2.14. The molecule has 0 amide bonds. The molecule has 4 nitrogen and oxygen atoms in total. The average Bonchev–Trinajstić information content (AvgIpc) is 3.09. The molecule has 4 heteroatoms. The quantitative estimate of drug-likeness (QED) is 0.936. The van der Waals surface area contributed by atoms with Crippen LogP contribution in [-0.2, 0) is 0 Å². The van der Waals surface area contributed by atoms with Crippen molar-refractivity contribution >= 4 is 11.0 Å². The maximum Gasteiger partial charge on any atom is 0.121 e. The van der Waals surface area contributed by atoms with E-state index in [0.717, 1.165) is 17.8 Å². The molecule has 1 aromatic carbocycles. The lowest BCUT2D eigenvalue weighted by Gasteiger charge is -2.21. The van der Waals surface area contributed by atoms with Gasteiger partial charge in [0.25, 0.3) is 0 Å². The topological polar surface area (TPSA) is 53.1 Å². The maximum absolute atomic E-state index is 5.97. The Bertz CT molecular complexity index is 632. The molecule has 0 aliphatic heterocycles. The molecule has 0 saturated heterocycles. The van der Waals surface area contributed by atoms with Crippen LogP contribution in [0.25, 0.3) is 11.0 Å². The molecule has 1 aliphatic carbocycles. The monoisotopic (exact) mass is 287 g/mol. The zero-order valence-corrected chi connectivity index (χ0v) is 13.2. The van der Waals surface area contributed by atoms with Crippen molar-refractivity contribution in [1.29, 1.82) is 0 Å². The molecule has 21 heavy (non-hydrogen) atoms. The molecule has 1 heterocycles. The summed E-state index contributed by atoms with van der Waals surface area (Å²) in [5, 5.41) is 0. The number of benzene rings is 1. The highest BCUT2D eigenvalue weighted by molar-refractivity contribution is 5.78. The average molecular weight is 287 g/mol. The molecule has 0 bridgehead atoms. The first-order valence-corrected chi connectivity index (χ1v) is 7.91. The number of methoxy groups -OCH3 is 1. The summed E-state index contributed by atoms with van der Waals surface area (Å²) in [7, 11) is 1.70. The number of fused-ring (bicyclic) bond motifs is 1. The van der Waals surface area contributed by atoms with Crippen LogP contribution in [0.3, 0.4) is 0 Å². The summed E-state index contributed by atoms with van der Waals surface area (Å²) in [6.45, 7) is 5.21. The highest BCUT2D eigenvalue weighted by atomic mass is 16.5. The Morgan fingerprint density at radius 1 is 1.38 bits per heavy atom. The summed E-state index contributed by atoms with van der Waals surface area (Å²) in [5.74, 6) is 3.14. The van der Waals surface area contributed by atoms with Crippen LogP contribution in [0, 0.1) is 5.92 Å². The van der Waals surface area contributed by atoms with E-state index in [-0.39, 0.29) is 0 Å². The number of nitrogens with two attached hydrogens (primary N) is 1. The van der Waals surface area contributed by atoms with Gasteiger partial charge < -0.3 is 15.0 Å². The molecule has 0 spiro atoms. The first kappa shape index (κ1) is 14.4. The molecular weight excluding hydrogens is 262 g/mol. The van der Waals surface area contributed by atoms with Gasteiger partial charge in [-0.3, -0.25) is 0 Å². The van der Waals surface area contributed by atoms with Gasteiger partial charge in [0.1, 0.15) is 11.6 Å². The van der Waals surface area contributed by atoms with Gasteiger partial charge in [-0.2, -0.15) is 0 Å². The van der Waals surface area contributed by atoms with E-state index in [2.05, 4.69) is 24.5 Å². The van der Waals surface area contributed by atoms with Crippen molar-refractivity contribution in [3.63, 3.8) is 0 Å². The van der Waals surface area contributed by atoms with E-state index in [9.17, 15) is 0 Å². The fourth-order valence-corrected chi connectivity index (χ4v) is 3.69. The summed E-state index contributed by atoms with van der Waals surface area (Å²) < 4.78 is 7.71. The zero-order valence-electron chi connectivity index (χ0n) is 13.2. The highest BCUT2D eigenvalue weighted by Gasteiger charge is 2.32. The normalized spacial score (nSPS) is 22.3. The second-order valence-electron chi connectivity index (χ2n) is 6.32. The first-order chi connectivity index (χ1) is 10.2. The van der Waals surface area contributed by atoms with Gasteiger partial charge in [0.2, 0.25) is 0 Å². The molecule has 1 saturated carbocycles. The molecule has 2 unspecified atom stereocenters.